The van der Waals surface area contributed by atoms with E-state index in [-0.39, 0.29) is 36.6 Å². The highest BCUT2D eigenvalue weighted by molar-refractivity contribution is 7.89. The van der Waals surface area contributed by atoms with Crippen molar-refractivity contribution in [1.29, 1.82) is 0 Å². The number of hydrogen-bond acceptors (Lipinski definition) is 7. The predicted molar refractivity (Wildman–Crippen MR) is 141 cm³/mol. The van der Waals surface area contributed by atoms with E-state index in [1.54, 1.807) is 33.1 Å². The van der Waals surface area contributed by atoms with Crippen molar-refractivity contribution in [2.75, 3.05) is 80.7 Å². The highest BCUT2D eigenvalue weighted by Crippen LogP contribution is 2.31. The third-order valence-corrected chi connectivity index (χ3v) is 9.88. The topological polar surface area (TPSA) is 82.6 Å². The van der Waals surface area contributed by atoms with Gasteiger partial charge in [0, 0.05) is 59.4 Å². The van der Waals surface area contributed by atoms with Crippen LogP contribution in [-0.2, 0) is 19.6 Å². The monoisotopic (exact) mass is 524 g/mol. The number of hydrogen-bond donors (Lipinski definition) is 0. The SMILES string of the molecule is COc1cc(C)c(S(=O)(=O)N(C)CCOCC(=O)N(C)C2CCC[C@@H]2CN2CCN(C)CC2)c(C)c1. The Morgan fingerprint density at radius 2 is 1.72 bits per heavy atom. The maximum absolute atomic E-state index is 13.1. The molecule has 204 valence electrons. The van der Waals surface area contributed by atoms with Crippen molar-refractivity contribution < 1.29 is 22.7 Å². The number of piperazine rings is 1. The molecule has 1 aromatic carbocycles. The van der Waals surface area contributed by atoms with Crippen LogP contribution in [0, 0.1) is 19.8 Å². The minimum Gasteiger partial charge on any atom is -0.497 e. The molecule has 1 unspecified atom stereocenters. The van der Waals surface area contributed by atoms with Crippen LogP contribution in [0.4, 0.5) is 0 Å². The second-order valence-electron chi connectivity index (χ2n) is 10.3. The van der Waals surface area contributed by atoms with Crippen molar-refractivity contribution in [2.45, 2.75) is 44.0 Å². The fourth-order valence-corrected chi connectivity index (χ4v) is 7.01. The zero-order valence-electron chi connectivity index (χ0n) is 22.8. The van der Waals surface area contributed by atoms with E-state index >= 15 is 0 Å². The number of amides is 1. The number of likely N-dealkylation sites (N-methyl/N-ethyl adjacent to an activating group) is 3. The second kappa shape index (κ2) is 12.7. The van der Waals surface area contributed by atoms with Crippen LogP contribution in [0.2, 0.25) is 0 Å². The first-order valence-electron chi connectivity index (χ1n) is 12.9. The van der Waals surface area contributed by atoms with Crippen LogP contribution in [-0.4, -0.2) is 120 Å². The van der Waals surface area contributed by atoms with Gasteiger partial charge in [-0.3, -0.25) is 4.79 Å². The summed E-state index contributed by atoms with van der Waals surface area (Å²) in [4.78, 5) is 19.9. The van der Waals surface area contributed by atoms with E-state index in [2.05, 4.69) is 16.8 Å². The summed E-state index contributed by atoms with van der Waals surface area (Å²) in [5.41, 5.74) is 1.28. The summed E-state index contributed by atoms with van der Waals surface area (Å²) in [5, 5.41) is 0. The van der Waals surface area contributed by atoms with Crippen LogP contribution in [0.15, 0.2) is 17.0 Å². The zero-order valence-corrected chi connectivity index (χ0v) is 23.6. The van der Waals surface area contributed by atoms with Gasteiger partial charge < -0.3 is 24.2 Å². The van der Waals surface area contributed by atoms with Gasteiger partial charge in [-0.05, 0) is 62.9 Å². The van der Waals surface area contributed by atoms with E-state index in [9.17, 15) is 13.2 Å². The summed E-state index contributed by atoms with van der Waals surface area (Å²) >= 11 is 0. The van der Waals surface area contributed by atoms with Gasteiger partial charge in [-0.2, -0.15) is 4.31 Å². The minimum absolute atomic E-state index is 0.0390. The predicted octanol–water partition coefficient (Wildman–Crippen LogP) is 1.82. The minimum atomic E-state index is -3.69. The standard InChI is InChI=1S/C26H44N4O5S/c1-20-16-23(34-6)17-21(2)26(20)36(32,33)28(4)14-15-35-19-25(31)29(5)24-9-7-8-22(24)18-30-12-10-27(3)11-13-30/h16-17,22,24H,7-15,18-19H2,1-6H3/t22-,24?/m1/s1. The normalized spacial score (nSPS) is 21.8. The fraction of sp³-hybridized carbons (Fsp3) is 0.731. The summed E-state index contributed by atoms with van der Waals surface area (Å²) in [6.45, 7) is 9.23. The third-order valence-electron chi connectivity index (χ3n) is 7.71. The Balaban J connectivity index is 1.47. The number of nitrogens with zero attached hydrogens (tertiary/aromatic N) is 4. The summed E-state index contributed by atoms with van der Waals surface area (Å²) in [6, 6.07) is 3.68. The van der Waals surface area contributed by atoms with Crippen molar-refractivity contribution >= 4 is 15.9 Å². The average molecular weight is 525 g/mol. The van der Waals surface area contributed by atoms with Gasteiger partial charge in [-0.15, -0.1) is 0 Å². The molecule has 1 saturated carbocycles. The van der Waals surface area contributed by atoms with Gasteiger partial charge >= 0.3 is 0 Å². The highest BCUT2D eigenvalue weighted by Gasteiger charge is 2.34. The molecule has 0 bridgehead atoms. The van der Waals surface area contributed by atoms with E-state index in [4.69, 9.17) is 9.47 Å². The first-order valence-corrected chi connectivity index (χ1v) is 14.3. The smallest absolute Gasteiger partial charge is 0.248 e. The van der Waals surface area contributed by atoms with Gasteiger partial charge in [0.15, 0.2) is 0 Å². The lowest BCUT2D eigenvalue weighted by atomic mass is 10.0. The molecule has 0 N–H and O–H groups in total. The van der Waals surface area contributed by atoms with Gasteiger partial charge in [-0.1, -0.05) is 6.42 Å². The van der Waals surface area contributed by atoms with Crippen molar-refractivity contribution in [3.63, 3.8) is 0 Å². The fourth-order valence-electron chi connectivity index (χ4n) is 5.45. The molecule has 10 heteroatoms. The van der Waals surface area contributed by atoms with Crippen molar-refractivity contribution in [1.82, 2.24) is 19.0 Å². The number of rotatable bonds is 11. The molecule has 2 fully saturated rings. The van der Waals surface area contributed by atoms with Crippen molar-refractivity contribution in [3.8, 4) is 5.75 Å². The number of sulfonamides is 1. The maximum atomic E-state index is 13.1. The molecule has 36 heavy (non-hydrogen) atoms. The number of benzene rings is 1. The number of ether oxygens (including phenoxy) is 2. The van der Waals surface area contributed by atoms with E-state index in [1.165, 1.54) is 11.4 Å². The van der Waals surface area contributed by atoms with Crippen molar-refractivity contribution in [2.24, 2.45) is 5.92 Å². The molecule has 1 aromatic rings. The van der Waals surface area contributed by atoms with E-state index in [0.717, 1.165) is 52.0 Å². The number of aryl methyl sites for hydroxylation is 2. The Morgan fingerprint density at radius 3 is 2.33 bits per heavy atom. The van der Waals surface area contributed by atoms with E-state index in [0.29, 0.717) is 22.8 Å². The van der Waals surface area contributed by atoms with E-state index < -0.39 is 10.0 Å². The Morgan fingerprint density at radius 1 is 1.08 bits per heavy atom. The molecular weight excluding hydrogens is 480 g/mol. The largest absolute Gasteiger partial charge is 0.497 e. The van der Waals surface area contributed by atoms with Crippen LogP contribution >= 0.6 is 0 Å². The van der Waals surface area contributed by atoms with Crippen LogP contribution < -0.4 is 4.74 Å². The molecular formula is C26H44N4O5S. The second-order valence-corrected chi connectivity index (χ2v) is 12.3. The summed E-state index contributed by atoms with van der Waals surface area (Å²) in [6.07, 6.45) is 3.33. The summed E-state index contributed by atoms with van der Waals surface area (Å²) in [5.74, 6) is 1.08. The van der Waals surface area contributed by atoms with Gasteiger partial charge in [0.2, 0.25) is 15.9 Å². The molecule has 1 heterocycles. The Hall–Kier alpha value is -1.72. The molecule has 9 nitrogen and oxygen atoms in total. The lowest BCUT2D eigenvalue weighted by molar-refractivity contribution is -0.137. The molecule has 0 radical (unpaired) electrons. The zero-order chi connectivity index (χ0) is 26.5. The molecule has 2 atom stereocenters. The Kier molecular flexibility index (Phi) is 10.2. The van der Waals surface area contributed by atoms with Crippen molar-refractivity contribution in [3.05, 3.63) is 23.3 Å². The van der Waals surface area contributed by atoms with E-state index in [1.807, 2.05) is 11.9 Å². The molecule has 1 saturated heterocycles. The van der Waals surface area contributed by atoms with Crippen LogP contribution in [0.1, 0.15) is 30.4 Å². The molecule has 2 aliphatic rings. The molecule has 0 aromatic heterocycles. The lowest BCUT2D eigenvalue weighted by Gasteiger charge is -2.37. The number of carbonyl (C=O) groups excluding carboxylic acids is 1. The molecule has 3 rings (SSSR count). The number of carbonyl (C=O) groups is 1. The molecule has 1 aliphatic carbocycles. The number of methoxy groups -OCH3 is 1. The first-order chi connectivity index (χ1) is 17.0. The van der Waals surface area contributed by atoms with Gasteiger partial charge in [0.1, 0.15) is 12.4 Å². The molecule has 1 amide bonds. The van der Waals surface area contributed by atoms with Gasteiger partial charge in [0.25, 0.3) is 0 Å². The molecule has 0 spiro atoms. The van der Waals surface area contributed by atoms with Crippen LogP contribution in [0.5, 0.6) is 5.75 Å². The quantitative estimate of drug-likeness (QED) is 0.409. The molecule has 1 aliphatic heterocycles. The Labute approximate surface area is 217 Å². The first kappa shape index (κ1) is 28.8. The summed E-state index contributed by atoms with van der Waals surface area (Å²) in [7, 11) is 3.46. The van der Waals surface area contributed by atoms with Gasteiger partial charge in [-0.25, -0.2) is 8.42 Å². The van der Waals surface area contributed by atoms with Gasteiger partial charge in [0.05, 0.1) is 18.6 Å². The Bertz CT molecular complexity index is 971. The maximum Gasteiger partial charge on any atom is 0.248 e. The third kappa shape index (κ3) is 6.98. The summed E-state index contributed by atoms with van der Waals surface area (Å²) < 4.78 is 38.5. The van der Waals surface area contributed by atoms with Crippen LogP contribution in [0.3, 0.4) is 0 Å². The average Bonchev–Trinajstić information content (AvgIpc) is 3.29. The highest BCUT2D eigenvalue weighted by atomic mass is 32.2. The lowest BCUT2D eigenvalue weighted by Crippen LogP contribution is -2.49. The van der Waals surface area contributed by atoms with Crippen LogP contribution in [0.25, 0.3) is 0 Å².